The average Bonchev–Trinajstić information content (AvgIpc) is 2.62. The molecule has 0 fully saturated rings. The lowest BCUT2D eigenvalue weighted by Crippen LogP contribution is -2.18. The topological polar surface area (TPSA) is 26.3 Å². The number of ether oxygens (including phenoxy) is 1. The SMILES string of the molecule is CCCCCCCCC(CCCCCC)C(=O)OCCCCCC(C)C. The molecule has 0 aliphatic carbocycles. The summed E-state index contributed by atoms with van der Waals surface area (Å²) in [5.74, 6) is 1.01. The van der Waals surface area contributed by atoms with Gasteiger partial charge in [-0.15, -0.1) is 0 Å². The van der Waals surface area contributed by atoms with Gasteiger partial charge in [-0.05, 0) is 25.2 Å². The predicted octanol–water partition coefficient (Wildman–Crippen LogP) is 8.08. The molecule has 0 aliphatic rings. The summed E-state index contributed by atoms with van der Waals surface area (Å²) in [5, 5.41) is 0. The summed E-state index contributed by atoms with van der Waals surface area (Å²) in [5.41, 5.74) is 0. The molecule has 0 aromatic rings. The summed E-state index contributed by atoms with van der Waals surface area (Å²) in [7, 11) is 0. The van der Waals surface area contributed by atoms with E-state index in [1.807, 2.05) is 0 Å². The highest BCUT2D eigenvalue weighted by molar-refractivity contribution is 5.72. The molecular formula is C24H48O2. The van der Waals surface area contributed by atoms with Crippen LogP contribution < -0.4 is 0 Å². The van der Waals surface area contributed by atoms with E-state index in [1.165, 1.54) is 83.5 Å². The van der Waals surface area contributed by atoms with E-state index in [2.05, 4.69) is 27.7 Å². The monoisotopic (exact) mass is 368 g/mol. The van der Waals surface area contributed by atoms with Crippen LogP contribution in [0.1, 0.15) is 130 Å². The third-order valence-electron chi connectivity index (χ3n) is 5.32. The zero-order chi connectivity index (χ0) is 19.5. The van der Waals surface area contributed by atoms with Gasteiger partial charge in [-0.3, -0.25) is 4.79 Å². The summed E-state index contributed by atoms with van der Waals surface area (Å²) in [6, 6.07) is 0. The first-order chi connectivity index (χ1) is 12.6. The maximum atomic E-state index is 12.5. The highest BCUT2D eigenvalue weighted by Crippen LogP contribution is 2.20. The van der Waals surface area contributed by atoms with Gasteiger partial charge in [0.05, 0.1) is 12.5 Å². The van der Waals surface area contributed by atoms with E-state index in [4.69, 9.17) is 4.74 Å². The van der Waals surface area contributed by atoms with E-state index in [9.17, 15) is 4.79 Å². The molecule has 0 aromatic carbocycles. The number of rotatable bonds is 19. The zero-order valence-electron chi connectivity index (χ0n) is 18.5. The Morgan fingerprint density at radius 2 is 1.12 bits per heavy atom. The van der Waals surface area contributed by atoms with Crippen LogP contribution in [-0.4, -0.2) is 12.6 Å². The van der Waals surface area contributed by atoms with E-state index in [0.29, 0.717) is 6.61 Å². The standard InChI is InChI=1S/C24H48O2/c1-5-7-9-11-12-16-20-23(19-15-10-8-6-2)24(25)26-21-17-13-14-18-22(3)4/h22-23H,5-21H2,1-4H3. The lowest BCUT2D eigenvalue weighted by molar-refractivity contribution is -0.149. The van der Waals surface area contributed by atoms with Gasteiger partial charge in [0.25, 0.3) is 0 Å². The number of esters is 1. The molecule has 0 spiro atoms. The van der Waals surface area contributed by atoms with E-state index in [0.717, 1.165) is 25.2 Å². The molecule has 26 heavy (non-hydrogen) atoms. The minimum Gasteiger partial charge on any atom is -0.465 e. The Morgan fingerprint density at radius 3 is 1.69 bits per heavy atom. The highest BCUT2D eigenvalue weighted by atomic mass is 16.5. The Bertz CT molecular complexity index is 299. The summed E-state index contributed by atoms with van der Waals surface area (Å²) in [4.78, 5) is 12.5. The molecule has 0 radical (unpaired) electrons. The predicted molar refractivity (Wildman–Crippen MR) is 115 cm³/mol. The Labute approximate surface area is 164 Å². The van der Waals surface area contributed by atoms with E-state index in [1.54, 1.807) is 0 Å². The number of hydrogen-bond acceptors (Lipinski definition) is 2. The van der Waals surface area contributed by atoms with E-state index < -0.39 is 0 Å². The Hall–Kier alpha value is -0.530. The Morgan fingerprint density at radius 1 is 0.654 bits per heavy atom. The smallest absolute Gasteiger partial charge is 0.308 e. The first-order valence-electron chi connectivity index (χ1n) is 11.8. The minimum absolute atomic E-state index is 0.0823. The highest BCUT2D eigenvalue weighted by Gasteiger charge is 2.19. The molecule has 0 saturated carbocycles. The third kappa shape index (κ3) is 16.9. The van der Waals surface area contributed by atoms with Crippen molar-refractivity contribution < 1.29 is 9.53 Å². The van der Waals surface area contributed by atoms with Gasteiger partial charge in [-0.25, -0.2) is 0 Å². The maximum absolute atomic E-state index is 12.5. The lowest BCUT2D eigenvalue weighted by atomic mass is 9.94. The molecule has 1 unspecified atom stereocenters. The first kappa shape index (κ1) is 25.5. The Kier molecular flexibility index (Phi) is 18.8. The largest absolute Gasteiger partial charge is 0.465 e. The summed E-state index contributed by atoms with van der Waals surface area (Å²) in [6.07, 6.45) is 19.6. The van der Waals surface area contributed by atoms with Gasteiger partial charge < -0.3 is 4.74 Å². The normalized spacial score (nSPS) is 12.5. The van der Waals surface area contributed by atoms with Crippen molar-refractivity contribution in [1.29, 1.82) is 0 Å². The first-order valence-corrected chi connectivity index (χ1v) is 11.8. The fourth-order valence-electron chi connectivity index (χ4n) is 3.49. The molecule has 0 aromatic heterocycles. The van der Waals surface area contributed by atoms with Crippen LogP contribution in [0.15, 0.2) is 0 Å². The van der Waals surface area contributed by atoms with E-state index >= 15 is 0 Å². The van der Waals surface area contributed by atoms with Crippen molar-refractivity contribution in [2.24, 2.45) is 11.8 Å². The maximum Gasteiger partial charge on any atom is 0.308 e. The molecule has 0 aliphatic heterocycles. The van der Waals surface area contributed by atoms with Gasteiger partial charge >= 0.3 is 5.97 Å². The molecule has 0 N–H and O–H groups in total. The number of carbonyl (C=O) groups is 1. The van der Waals surface area contributed by atoms with Crippen LogP contribution in [0.2, 0.25) is 0 Å². The van der Waals surface area contributed by atoms with Crippen molar-refractivity contribution in [2.45, 2.75) is 130 Å². The van der Waals surface area contributed by atoms with Gasteiger partial charge in [-0.2, -0.15) is 0 Å². The molecule has 156 valence electrons. The van der Waals surface area contributed by atoms with Gasteiger partial charge in [0.15, 0.2) is 0 Å². The average molecular weight is 369 g/mol. The quantitative estimate of drug-likeness (QED) is 0.170. The van der Waals surface area contributed by atoms with E-state index in [-0.39, 0.29) is 11.9 Å². The van der Waals surface area contributed by atoms with Crippen LogP contribution in [0.4, 0.5) is 0 Å². The second kappa shape index (κ2) is 19.2. The second-order valence-electron chi connectivity index (χ2n) is 8.51. The van der Waals surface area contributed by atoms with Crippen LogP contribution in [0.3, 0.4) is 0 Å². The molecule has 0 heterocycles. The molecule has 0 rings (SSSR count). The molecule has 2 nitrogen and oxygen atoms in total. The van der Waals surface area contributed by atoms with Crippen molar-refractivity contribution in [2.75, 3.05) is 6.61 Å². The van der Waals surface area contributed by atoms with Gasteiger partial charge in [0.2, 0.25) is 0 Å². The number of hydrogen-bond donors (Lipinski definition) is 0. The van der Waals surface area contributed by atoms with Crippen LogP contribution >= 0.6 is 0 Å². The summed E-state index contributed by atoms with van der Waals surface area (Å²) in [6.45, 7) is 9.65. The molecule has 0 bridgehead atoms. The fourth-order valence-corrected chi connectivity index (χ4v) is 3.49. The van der Waals surface area contributed by atoms with Crippen molar-refractivity contribution in [1.82, 2.24) is 0 Å². The number of carbonyl (C=O) groups excluding carboxylic acids is 1. The molecule has 2 heteroatoms. The third-order valence-corrected chi connectivity index (χ3v) is 5.32. The van der Waals surface area contributed by atoms with Crippen LogP contribution in [0.5, 0.6) is 0 Å². The summed E-state index contributed by atoms with van der Waals surface area (Å²) < 4.78 is 5.62. The Balaban J connectivity index is 3.99. The number of unbranched alkanes of at least 4 members (excludes halogenated alkanes) is 10. The fraction of sp³-hybridized carbons (Fsp3) is 0.958. The van der Waals surface area contributed by atoms with Crippen molar-refractivity contribution in [3.8, 4) is 0 Å². The van der Waals surface area contributed by atoms with Crippen LogP contribution in [0.25, 0.3) is 0 Å². The second-order valence-corrected chi connectivity index (χ2v) is 8.51. The zero-order valence-corrected chi connectivity index (χ0v) is 18.5. The molecular weight excluding hydrogens is 320 g/mol. The van der Waals surface area contributed by atoms with Crippen molar-refractivity contribution in [3.63, 3.8) is 0 Å². The van der Waals surface area contributed by atoms with Gasteiger partial charge in [-0.1, -0.05) is 111 Å². The van der Waals surface area contributed by atoms with Gasteiger partial charge in [0.1, 0.15) is 0 Å². The van der Waals surface area contributed by atoms with Crippen LogP contribution in [-0.2, 0) is 9.53 Å². The summed E-state index contributed by atoms with van der Waals surface area (Å²) >= 11 is 0. The molecule has 0 saturated heterocycles. The molecule has 1 atom stereocenters. The molecule has 0 amide bonds. The van der Waals surface area contributed by atoms with Crippen molar-refractivity contribution >= 4 is 5.97 Å². The lowest BCUT2D eigenvalue weighted by Gasteiger charge is -2.16. The van der Waals surface area contributed by atoms with Gasteiger partial charge in [0, 0.05) is 0 Å². The van der Waals surface area contributed by atoms with Crippen LogP contribution in [0, 0.1) is 11.8 Å². The minimum atomic E-state index is 0.0823. The van der Waals surface area contributed by atoms with Crippen molar-refractivity contribution in [3.05, 3.63) is 0 Å².